The fourth-order valence-electron chi connectivity index (χ4n) is 3.97. The largest absolute Gasteiger partial charge is 0.493 e. The summed E-state index contributed by atoms with van der Waals surface area (Å²) in [6, 6.07) is 15.5. The first-order valence-electron chi connectivity index (χ1n) is 10.7. The Balaban J connectivity index is 1.71. The Labute approximate surface area is 206 Å². The van der Waals surface area contributed by atoms with Crippen molar-refractivity contribution in [1.82, 2.24) is 4.90 Å². The second-order valence-electron chi connectivity index (χ2n) is 7.89. The lowest BCUT2D eigenvalue weighted by atomic mass is 10.1. The van der Waals surface area contributed by atoms with Crippen LogP contribution in [0.1, 0.15) is 22.3 Å². The molecule has 35 heavy (non-hydrogen) atoms. The fraction of sp³-hybridized carbons (Fsp3) is 0.192. The normalized spacial score (nSPS) is 15.3. The number of anilines is 1. The molecule has 3 aromatic carbocycles. The van der Waals surface area contributed by atoms with Crippen LogP contribution in [0.4, 0.5) is 10.1 Å². The summed E-state index contributed by atoms with van der Waals surface area (Å²) in [7, 11) is 2.93. The zero-order valence-electron chi connectivity index (χ0n) is 19.0. The van der Waals surface area contributed by atoms with Crippen molar-refractivity contribution in [2.45, 2.75) is 19.0 Å². The van der Waals surface area contributed by atoms with Gasteiger partial charge in [0.1, 0.15) is 11.9 Å². The van der Waals surface area contributed by atoms with E-state index in [1.54, 1.807) is 36.4 Å². The van der Waals surface area contributed by atoms with Gasteiger partial charge in [0.15, 0.2) is 11.5 Å². The van der Waals surface area contributed by atoms with Crippen molar-refractivity contribution in [3.8, 4) is 11.5 Å². The van der Waals surface area contributed by atoms with E-state index in [4.69, 9.17) is 21.1 Å². The van der Waals surface area contributed by atoms with Crippen LogP contribution in [0.2, 0.25) is 5.02 Å². The average Bonchev–Trinajstić information content (AvgIpc) is 3.16. The van der Waals surface area contributed by atoms with Crippen molar-refractivity contribution < 1.29 is 28.2 Å². The standard InChI is InChI=1S/C26H22ClFN2O5/c1-34-22-12-5-17(13-23(22)35-2)25(32)29(15-16-3-8-19(28)9-4-16)21-14-24(31)30(26(21)33)20-10-6-18(27)7-11-20/h3-13,21H,14-15H2,1-2H3. The minimum absolute atomic E-state index is 0.00833. The van der Waals surface area contributed by atoms with Crippen LogP contribution in [0.5, 0.6) is 11.5 Å². The molecule has 0 saturated carbocycles. The number of nitrogens with zero attached hydrogens (tertiary/aromatic N) is 2. The number of rotatable bonds is 7. The minimum Gasteiger partial charge on any atom is -0.493 e. The van der Waals surface area contributed by atoms with E-state index in [2.05, 4.69) is 0 Å². The van der Waals surface area contributed by atoms with Crippen LogP contribution >= 0.6 is 11.6 Å². The molecule has 0 bridgehead atoms. The van der Waals surface area contributed by atoms with E-state index in [1.807, 2.05) is 0 Å². The third kappa shape index (κ3) is 4.97. The topological polar surface area (TPSA) is 76.2 Å². The summed E-state index contributed by atoms with van der Waals surface area (Å²) in [4.78, 5) is 42.3. The van der Waals surface area contributed by atoms with E-state index in [0.29, 0.717) is 27.8 Å². The van der Waals surface area contributed by atoms with Crippen molar-refractivity contribution in [1.29, 1.82) is 0 Å². The number of hydrogen-bond acceptors (Lipinski definition) is 5. The molecule has 0 radical (unpaired) electrons. The Morgan fingerprint density at radius 1 is 1.00 bits per heavy atom. The second kappa shape index (κ2) is 10.1. The number of halogens is 2. The molecule has 0 aromatic heterocycles. The quantitative estimate of drug-likeness (QED) is 0.451. The Morgan fingerprint density at radius 2 is 1.66 bits per heavy atom. The molecule has 1 aliphatic heterocycles. The Hall–Kier alpha value is -3.91. The molecule has 1 fully saturated rings. The lowest BCUT2D eigenvalue weighted by Gasteiger charge is -2.28. The van der Waals surface area contributed by atoms with Crippen LogP contribution < -0.4 is 14.4 Å². The smallest absolute Gasteiger partial charge is 0.257 e. The van der Waals surface area contributed by atoms with Crippen LogP contribution in [0.3, 0.4) is 0 Å². The van der Waals surface area contributed by atoms with Gasteiger partial charge < -0.3 is 14.4 Å². The molecule has 9 heteroatoms. The summed E-state index contributed by atoms with van der Waals surface area (Å²) < 4.78 is 24.0. The van der Waals surface area contributed by atoms with E-state index in [-0.39, 0.29) is 18.5 Å². The highest BCUT2D eigenvalue weighted by Crippen LogP contribution is 2.31. The molecule has 0 aliphatic carbocycles. The van der Waals surface area contributed by atoms with E-state index in [9.17, 15) is 18.8 Å². The Morgan fingerprint density at radius 3 is 2.29 bits per heavy atom. The fourth-order valence-corrected chi connectivity index (χ4v) is 4.09. The van der Waals surface area contributed by atoms with Crippen LogP contribution in [0, 0.1) is 5.82 Å². The summed E-state index contributed by atoms with van der Waals surface area (Å²) in [5.41, 5.74) is 1.22. The van der Waals surface area contributed by atoms with Gasteiger partial charge in [0.05, 0.1) is 26.3 Å². The van der Waals surface area contributed by atoms with Crippen molar-refractivity contribution in [2.75, 3.05) is 19.1 Å². The second-order valence-corrected chi connectivity index (χ2v) is 8.33. The summed E-state index contributed by atoms with van der Waals surface area (Å²) in [5, 5.41) is 0.464. The number of methoxy groups -OCH3 is 2. The first-order valence-corrected chi connectivity index (χ1v) is 11.1. The van der Waals surface area contributed by atoms with E-state index >= 15 is 0 Å². The van der Waals surface area contributed by atoms with Gasteiger partial charge in [0.25, 0.3) is 11.8 Å². The maximum absolute atomic E-state index is 13.7. The summed E-state index contributed by atoms with van der Waals surface area (Å²) in [6.45, 7) is -0.00833. The molecule has 4 rings (SSSR count). The highest BCUT2D eigenvalue weighted by atomic mass is 35.5. The van der Waals surface area contributed by atoms with Crippen molar-refractivity contribution in [2.24, 2.45) is 0 Å². The number of carbonyl (C=O) groups excluding carboxylic acids is 3. The van der Waals surface area contributed by atoms with Gasteiger partial charge in [-0.15, -0.1) is 0 Å². The van der Waals surface area contributed by atoms with Crippen molar-refractivity contribution >= 4 is 35.0 Å². The Bertz CT molecular complexity index is 1260. The lowest BCUT2D eigenvalue weighted by Crippen LogP contribution is -2.45. The number of imide groups is 1. The SMILES string of the molecule is COc1ccc(C(=O)N(Cc2ccc(F)cc2)C2CC(=O)N(c3ccc(Cl)cc3)C2=O)cc1OC. The molecule has 1 aliphatic rings. The van der Waals surface area contributed by atoms with Gasteiger partial charge in [-0.1, -0.05) is 23.7 Å². The highest BCUT2D eigenvalue weighted by Gasteiger charge is 2.44. The van der Waals surface area contributed by atoms with Gasteiger partial charge in [-0.05, 0) is 60.2 Å². The molecule has 1 atom stereocenters. The predicted molar refractivity (Wildman–Crippen MR) is 128 cm³/mol. The number of benzene rings is 3. The molecule has 1 heterocycles. The zero-order valence-corrected chi connectivity index (χ0v) is 19.8. The number of hydrogen-bond donors (Lipinski definition) is 0. The maximum atomic E-state index is 13.7. The monoisotopic (exact) mass is 496 g/mol. The molecule has 0 spiro atoms. The van der Waals surface area contributed by atoms with Gasteiger partial charge in [-0.3, -0.25) is 14.4 Å². The van der Waals surface area contributed by atoms with Crippen LogP contribution in [0.25, 0.3) is 0 Å². The van der Waals surface area contributed by atoms with Gasteiger partial charge in [-0.25, -0.2) is 9.29 Å². The number of carbonyl (C=O) groups is 3. The summed E-state index contributed by atoms with van der Waals surface area (Å²) in [5.74, 6) is -1.10. The van der Waals surface area contributed by atoms with E-state index in [0.717, 1.165) is 4.90 Å². The highest BCUT2D eigenvalue weighted by molar-refractivity contribution is 6.31. The van der Waals surface area contributed by atoms with Gasteiger partial charge >= 0.3 is 0 Å². The van der Waals surface area contributed by atoms with Gasteiger partial charge in [-0.2, -0.15) is 0 Å². The average molecular weight is 497 g/mol. The van der Waals surface area contributed by atoms with Crippen LogP contribution in [-0.2, 0) is 16.1 Å². The van der Waals surface area contributed by atoms with Crippen molar-refractivity contribution in [3.63, 3.8) is 0 Å². The van der Waals surface area contributed by atoms with Gasteiger partial charge in [0.2, 0.25) is 5.91 Å². The van der Waals surface area contributed by atoms with Crippen LogP contribution in [0.15, 0.2) is 66.7 Å². The Kier molecular flexibility index (Phi) is 7.02. The third-order valence-corrected chi connectivity index (χ3v) is 5.99. The summed E-state index contributed by atoms with van der Waals surface area (Å²) >= 11 is 5.94. The molecule has 180 valence electrons. The lowest BCUT2D eigenvalue weighted by molar-refractivity contribution is -0.122. The predicted octanol–water partition coefficient (Wildman–Crippen LogP) is 4.47. The molecule has 1 saturated heterocycles. The first-order chi connectivity index (χ1) is 16.8. The molecular weight excluding hydrogens is 475 g/mol. The first kappa shape index (κ1) is 24.2. The molecule has 0 N–H and O–H groups in total. The molecule has 3 aromatic rings. The van der Waals surface area contributed by atoms with Gasteiger partial charge in [0, 0.05) is 17.1 Å². The molecule has 7 nitrogen and oxygen atoms in total. The molecular formula is C26H22ClFN2O5. The summed E-state index contributed by atoms with van der Waals surface area (Å²) in [6.07, 6.45) is -0.193. The van der Waals surface area contributed by atoms with E-state index in [1.165, 1.54) is 49.5 Å². The number of ether oxygens (including phenoxy) is 2. The third-order valence-electron chi connectivity index (χ3n) is 5.74. The maximum Gasteiger partial charge on any atom is 0.257 e. The number of amides is 3. The van der Waals surface area contributed by atoms with E-state index < -0.39 is 29.6 Å². The van der Waals surface area contributed by atoms with Crippen molar-refractivity contribution in [3.05, 3.63) is 88.7 Å². The molecule has 3 amide bonds. The minimum atomic E-state index is -1.05. The zero-order chi connectivity index (χ0) is 25.1. The molecule has 1 unspecified atom stereocenters. The van der Waals surface area contributed by atoms with Crippen LogP contribution in [-0.4, -0.2) is 42.9 Å².